The van der Waals surface area contributed by atoms with Crippen molar-refractivity contribution < 1.29 is 19.0 Å². The lowest BCUT2D eigenvalue weighted by Gasteiger charge is -2.15. The molecule has 0 radical (unpaired) electrons. The summed E-state index contributed by atoms with van der Waals surface area (Å²) in [5, 5.41) is 7.31. The second kappa shape index (κ2) is 14.2. The minimum absolute atomic E-state index is 0.280. The van der Waals surface area contributed by atoms with Crippen LogP contribution in [-0.2, 0) is 16.1 Å². The molecule has 0 aliphatic carbocycles. The molecule has 10 nitrogen and oxygen atoms in total. The highest BCUT2D eigenvalue weighted by Crippen LogP contribution is 2.35. The van der Waals surface area contributed by atoms with E-state index in [9.17, 15) is 4.79 Å². The number of carbonyl (C=O) groups excluding carboxylic acids is 1. The van der Waals surface area contributed by atoms with Gasteiger partial charge in [0.25, 0.3) is 0 Å². The summed E-state index contributed by atoms with van der Waals surface area (Å²) >= 11 is 6.50. The third kappa shape index (κ3) is 8.12. The molecule has 0 bridgehead atoms. The van der Waals surface area contributed by atoms with Gasteiger partial charge in [-0.3, -0.25) is 9.78 Å². The SMILES string of the molecule is COCCOc1cc2ncnc(Nc3ccc(OCc4ccccn4)c(Cl)c3)c2cc1NC(=O)/C=C/CN(C)C. The van der Waals surface area contributed by atoms with E-state index in [2.05, 4.69) is 25.6 Å². The second-order valence-electron chi connectivity index (χ2n) is 8.96. The summed E-state index contributed by atoms with van der Waals surface area (Å²) in [6, 6.07) is 14.6. The van der Waals surface area contributed by atoms with Crippen LogP contribution in [0, 0.1) is 0 Å². The zero-order chi connectivity index (χ0) is 28.3. The molecule has 208 valence electrons. The molecule has 0 aliphatic rings. The van der Waals surface area contributed by atoms with E-state index in [4.69, 9.17) is 25.8 Å². The highest BCUT2D eigenvalue weighted by atomic mass is 35.5. The van der Waals surface area contributed by atoms with E-state index >= 15 is 0 Å². The summed E-state index contributed by atoms with van der Waals surface area (Å²) in [5.74, 6) is 1.26. The maximum Gasteiger partial charge on any atom is 0.248 e. The Morgan fingerprint density at radius 2 is 1.90 bits per heavy atom. The van der Waals surface area contributed by atoms with Gasteiger partial charge in [-0.1, -0.05) is 23.7 Å². The molecule has 0 aliphatic heterocycles. The van der Waals surface area contributed by atoms with Crippen molar-refractivity contribution in [3.05, 3.63) is 83.9 Å². The smallest absolute Gasteiger partial charge is 0.248 e. The molecule has 2 aromatic carbocycles. The van der Waals surface area contributed by atoms with Crippen molar-refractivity contribution in [2.24, 2.45) is 0 Å². The molecule has 40 heavy (non-hydrogen) atoms. The van der Waals surface area contributed by atoms with E-state index in [1.807, 2.05) is 43.3 Å². The average Bonchev–Trinajstić information content (AvgIpc) is 2.93. The van der Waals surface area contributed by atoms with Crippen molar-refractivity contribution in [3.8, 4) is 11.5 Å². The minimum Gasteiger partial charge on any atom is -0.489 e. The molecule has 0 spiro atoms. The van der Waals surface area contributed by atoms with Crippen LogP contribution in [0.3, 0.4) is 0 Å². The molecule has 4 aromatic rings. The number of hydrogen-bond donors (Lipinski definition) is 2. The lowest BCUT2D eigenvalue weighted by atomic mass is 10.1. The Morgan fingerprint density at radius 1 is 1.02 bits per heavy atom. The summed E-state index contributed by atoms with van der Waals surface area (Å²) in [6.07, 6.45) is 6.44. The van der Waals surface area contributed by atoms with Crippen LogP contribution in [-0.4, -0.2) is 66.7 Å². The van der Waals surface area contributed by atoms with Crippen molar-refractivity contribution >= 4 is 45.6 Å². The number of nitrogens with one attached hydrogen (secondary N) is 2. The molecule has 2 heterocycles. The number of benzene rings is 2. The fourth-order valence-electron chi connectivity index (χ4n) is 3.65. The van der Waals surface area contributed by atoms with Crippen molar-refractivity contribution in [2.75, 3.05) is 51.6 Å². The Bertz CT molecular complexity index is 1470. The molecule has 0 atom stereocenters. The monoisotopic (exact) mass is 562 g/mol. The van der Waals surface area contributed by atoms with Crippen LogP contribution in [0.2, 0.25) is 5.02 Å². The molecule has 2 aromatic heterocycles. The number of rotatable bonds is 13. The Kier molecular flexibility index (Phi) is 10.2. The Morgan fingerprint density at radius 3 is 2.65 bits per heavy atom. The lowest BCUT2D eigenvalue weighted by Crippen LogP contribution is -2.14. The molecule has 4 rings (SSSR count). The Hall–Kier alpha value is -4.25. The van der Waals surface area contributed by atoms with Crippen LogP contribution in [0.5, 0.6) is 11.5 Å². The maximum atomic E-state index is 12.6. The Labute approximate surface area is 238 Å². The molecular formula is C29H31ClN6O4. The average molecular weight is 563 g/mol. The molecule has 0 fully saturated rings. The summed E-state index contributed by atoms with van der Waals surface area (Å²) in [6.45, 7) is 1.65. The van der Waals surface area contributed by atoms with Gasteiger partial charge in [-0.25, -0.2) is 9.97 Å². The number of methoxy groups -OCH3 is 1. The minimum atomic E-state index is -0.280. The van der Waals surface area contributed by atoms with Crippen molar-refractivity contribution in [1.82, 2.24) is 19.9 Å². The number of ether oxygens (including phenoxy) is 3. The number of anilines is 3. The van der Waals surface area contributed by atoms with Gasteiger partial charge in [0, 0.05) is 43.1 Å². The van der Waals surface area contributed by atoms with E-state index in [0.29, 0.717) is 71.0 Å². The molecule has 0 saturated carbocycles. The molecule has 1 amide bonds. The van der Waals surface area contributed by atoms with Crippen LogP contribution in [0.1, 0.15) is 5.69 Å². The van der Waals surface area contributed by atoms with Crippen LogP contribution in [0.15, 0.2) is 73.2 Å². The highest BCUT2D eigenvalue weighted by Gasteiger charge is 2.14. The summed E-state index contributed by atoms with van der Waals surface area (Å²) in [4.78, 5) is 27.7. The number of likely N-dealkylation sites (N-methyl/N-ethyl adjacent to an activating group) is 1. The summed E-state index contributed by atoms with van der Waals surface area (Å²) < 4.78 is 16.8. The normalized spacial score (nSPS) is 11.2. The topological polar surface area (TPSA) is 111 Å². The fraction of sp³-hybridized carbons (Fsp3) is 0.241. The van der Waals surface area contributed by atoms with Gasteiger partial charge in [0.1, 0.15) is 36.9 Å². The van der Waals surface area contributed by atoms with Gasteiger partial charge in [0.2, 0.25) is 5.91 Å². The fourth-order valence-corrected chi connectivity index (χ4v) is 3.88. The summed E-state index contributed by atoms with van der Waals surface area (Å²) in [5.41, 5.74) is 2.62. The number of halogens is 1. The highest BCUT2D eigenvalue weighted by molar-refractivity contribution is 6.32. The number of pyridine rings is 1. The van der Waals surface area contributed by atoms with E-state index in [1.165, 1.54) is 12.4 Å². The van der Waals surface area contributed by atoms with E-state index in [0.717, 1.165) is 5.69 Å². The number of fused-ring (bicyclic) bond motifs is 1. The zero-order valence-corrected chi connectivity index (χ0v) is 23.3. The second-order valence-corrected chi connectivity index (χ2v) is 9.37. The first-order valence-corrected chi connectivity index (χ1v) is 12.9. The predicted octanol–water partition coefficient (Wildman–Crippen LogP) is 5.08. The standard InChI is InChI=1S/C29H31ClN6O4/c1-36(2)12-6-8-28(37)35-25-16-22-24(17-27(25)39-14-13-38-3)32-19-33-29(22)34-20-9-10-26(23(30)15-20)40-18-21-7-4-5-11-31-21/h4-11,15-17,19H,12-14,18H2,1-3H3,(H,35,37)(H,32,33,34)/b8-6+. The van der Waals surface area contributed by atoms with E-state index in [-0.39, 0.29) is 5.91 Å². The van der Waals surface area contributed by atoms with Crippen molar-refractivity contribution in [1.29, 1.82) is 0 Å². The van der Waals surface area contributed by atoms with Gasteiger partial charge in [0.05, 0.1) is 28.5 Å². The third-order valence-corrected chi connectivity index (χ3v) is 5.87. The van der Waals surface area contributed by atoms with Crippen molar-refractivity contribution in [2.45, 2.75) is 6.61 Å². The number of nitrogens with zero attached hydrogens (tertiary/aromatic N) is 4. The van der Waals surface area contributed by atoms with Gasteiger partial charge in [-0.15, -0.1) is 0 Å². The van der Waals surface area contributed by atoms with Crippen LogP contribution in [0.4, 0.5) is 17.2 Å². The van der Waals surface area contributed by atoms with Gasteiger partial charge in [-0.2, -0.15) is 0 Å². The molecule has 0 unspecified atom stereocenters. The molecule has 0 saturated heterocycles. The third-order valence-electron chi connectivity index (χ3n) is 5.58. The number of carbonyl (C=O) groups is 1. The van der Waals surface area contributed by atoms with Crippen LogP contribution in [0.25, 0.3) is 10.9 Å². The van der Waals surface area contributed by atoms with Gasteiger partial charge in [0.15, 0.2) is 0 Å². The number of hydrogen-bond acceptors (Lipinski definition) is 9. The van der Waals surface area contributed by atoms with Gasteiger partial charge < -0.3 is 29.7 Å². The zero-order valence-electron chi connectivity index (χ0n) is 22.6. The van der Waals surface area contributed by atoms with Crippen molar-refractivity contribution in [3.63, 3.8) is 0 Å². The molecule has 2 N–H and O–H groups in total. The quantitative estimate of drug-likeness (QED) is 0.170. The van der Waals surface area contributed by atoms with E-state index < -0.39 is 0 Å². The first-order chi connectivity index (χ1) is 19.4. The summed E-state index contributed by atoms with van der Waals surface area (Å²) in [7, 11) is 5.45. The molecule has 11 heteroatoms. The lowest BCUT2D eigenvalue weighted by molar-refractivity contribution is -0.111. The largest absolute Gasteiger partial charge is 0.489 e. The Balaban J connectivity index is 1.57. The van der Waals surface area contributed by atoms with Gasteiger partial charge in [-0.05, 0) is 50.5 Å². The maximum absolute atomic E-state index is 12.6. The van der Waals surface area contributed by atoms with Gasteiger partial charge >= 0.3 is 0 Å². The number of amides is 1. The van der Waals surface area contributed by atoms with E-state index in [1.54, 1.807) is 43.6 Å². The number of aromatic nitrogens is 3. The first-order valence-electron chi connectivity index (χ1n) is 12.5. The molecular weight excluding hydrogens is 532 g/mol. The predicted molar refractivity (Wildman–Crippen MR) is 157 cm³/mol. The van der Waals surface area contributed by atoms with Crippen LogP contribution < -0.4 is 20.1 Å². The van der Waals surface area contributed by atoms with Crippen LogP contribution >= 0.6 is 11.6 Å². The first kappa shape index (κ1) is 28.8.